The van der Waals surface area contributed by atoms with Gasteiger partial charge < -0.3 is 20.4 Å². The summed E-state index contributed by atoms with van der Waals surface area (Å²) in [4.78, 5) is 26.9. The molecule has 0 aliphatic rings. The Morgan fingerprint density at radius 2 is 2.10 bits per heavy atom. The van der Waals surface area contributed by atoms with Crippen LogP contribution in [0.15, 0.2) is 30.3 Å². The van der Waals surface area contributed by atoms with E-state index in [9.17, 15) is 9.59 Å². The van der Waals surface area contributed by atoms with E-state index >= 15 is 0 Å². The summed E-state index contributed by atoms with van der Waals surface area (Å²) in [5.41, 5.74) is 1.33. The lowest BCUT2D eigenvalue weighted by molar-refractivity contribution is -0.122. The molecular weight excluding hydrogens is 270 g/mol. The molecule has 2 aromatic rings. The molecule has 1 aromatic carbocycles. The van der Waals surface area contributed by atoms with Crippen molar-refractivity contribution in [2.75, 3.05) is 20.3 Å². The second-order valence-electron chi connectivity index (χ2n) is 4.75. The van der Waals surface area contributed by atoms with Crippen LogP contribution >= 0.6 is 0 Å². The highest BCUT2D eigenvalue weighted by Crippen LogP contribution is 2.14. The quantitative estimate of drug-likeness (QED) is 0.695. The third kappa shape index (κ3) is 3.82. The number of para-hydroxylation sites is 1. The Kier molecular flexibility index (Phi) is 4.94. The first-order valence-electron chi connectivity index (χ1n) is 6.77. The van der Waals surface area contributed by atoms with Gasteiger partial charge in [0.15, 0.2) is 0 Å². The number of amides is 2. The first kappa shape index (κ1) is 15.1. The molecule has 6 nitrogen and oxygen atoms in total. The van der Waals surface area contributed by atoms with Crippen LogP contribution in [0.25, 0.3) is 10.9 Å². The monoisotopic (exact) mass is 289 g/mol. The van der Waals surface area contributed by atoms with Gasteiger partial charge in [0.25, 0.3) is 5.91 Å². The molecule has 0 fully saturated rings. The number of benzene rings is 1. The molecule has 0 saturated carbocycles. The van der Waals surface area contributed by atoms with E-state index in [1.807, 2.05) is 24.3 Å². The van der Waals surface area contributed by atoms with Gasteiger partial charge in [-0.2, -0.15) is 0 Å². The molecule has 1 unspecified atom stereocenters. The standard InChI is InChI=1S/C15H19N3O3/c1-10(14(19)16-7-8-21-2)17-15(20)13-9-11-5-3-4-6-12(11)18-13/h3-6,9-10,18H,7-8H2,1-2H3,(H,16,19)(H,17,20). The number of ether oxygens (including phenoxy) is 1. The van der Waals surface area contributed by atoms with Gasteiger partial charge in [0.05, 0.1) is 6.61 Å². The van der Waals surface area contributed by atoms with Crippen LogP contribution in [-0.4, -0.2) is 43.1 Å². The summed E-state index contributed by atoms with van der Waals surface area (Å²) in [6.45, 7) is 2.50. The molecular formula is C15H19N3O3. The maximum absolute atomic E-state index is 12.1. The molecule has 1 atom stereocenters. The van der Waals surface area contributed by atoms with Gasteiger partial charge >= 0.3 is 0 Å². The zero-order chi connectivity index (χ0) is 15.2. The smallest absolute Gasteiger partial charge is 0.268 e. The van der Waals surface area contributed by atoms with Crippen molar-refractivity contribution in [1.29, 1.82) is 0 Å². The Labute approximate surface area is 122 Å². The summed E-state index contributed by atoms with van der Waals surface area (Å²) in [5, 5.41) is 6.30. The second-order valence-corrected chi connectivity index (χ2v) is 4.75. The average molecular weight is 289 g/mol. The number of methoxy groups -OCH3 is 1. The average Bonchev–Trinajstić information content (AvgIpc) is 2.91. The van der Waals surface area contributed by atoms with E-state index in [2.05, 4.69) is 15.6 Å². The molecule has 0 radical (unpaired) electrons. The van der Waals surface area contributed by atoms with Crippen molar-refractivity contribution < 1.29 is 14.3 Å². The first-order valence-corrected chi connectivity index (χ1v) is 6.77. The number of aromatic amines is 1. The van der Waals surface area contributed by atoms with Gasteiger partial charge in [-0.3, -0.25) is 9.59 Å². The zero-order valence-electron chi connectivity index (χ0n) is 12.1. The number of aromatic nitrogens is 1. The van der Waals surface area contributed by atoms with Crippen LogP contribution in [0.3, 0.4) is 0 Å². The Morgan fingerprint density at radius 1 is 1.33 bits per heavy atom. The molecule has 0 spiro atoms. The number of hydrogen-bond donors (Lipinski definition) is 3. The SMILES string of the molecule is COCCNC(=O)C(C)NC(=O)c1cc2ccccc2[nH]1. The number of carbonyl (C=O) groups is 2. The minimum Gasteiger partial charge on any atom is -0.383 e. The Hall–Kier alpha value is -2.34. The van der Waals surface area contributed by atoms with Crippen LogP contribution in [0.5, 0.6) is 0 Å². The first-order chi connectivity index (χ1) is 10.1. The zero-order valence-corrected chi connectivity index (χ0v) is 12.1. The van der Waals surface area contributed by atoms with Gasteiger partial charge in [0.2, 0.25) is 5.91 Å². The lowest BCUT2D eigenvalue weighted by Gasteiger charge is -2.13. The molecule has 3 N–H and O–H groups in total. The lowest BCUT2D eigenvalue weighted by atomic mass is 10.2. The molecule has 0 saturated heterocycles. The van der Waals surface area contributed by atoms with Crippen LogP contribution in [-0.2, 0) is 9.53 Å². The predicted octanol–water partition coefficient (Wildman–Crippen LogP) is 1.05. The topological polar surface area (TPSA) is 83.2 Å². The van der Waals surface area contributed by atoms with Crippen molar-refractivity contribution in [3.05, 3.63) is 36.0 Å². The normalized spacial score (nSPS) is 12.1. The summed E-state index contributed by atoms with van der Waals surface area (Å²) in [6.07, 6.45) is 0. The van der Waals surface area contributed by atoms with Crippen molar-refractivity contribution in [2.24, 2.45) is 0 Å². The maximum atomic E-state index is 12.1. The van der Waals surface area contributed by atoms with Crippen molar-refractivity contribution in [2.45, 2.75) is 13.0 Å². The number of rotatable bonds is 6. The second kappa shape index (κ2) is 6.90. The van der Waals surface area contributed by atoms with Gasteiger partial charge in [-0.05, 0) is 19.1 Å². The van der Waals surface area contributed by atoms with E-state index in [0.29, 0.717) is 18.8 Å². The third-order valence-corrected chi connectivity index (χ3v) is 3.12. The van der Waals surface area contributed by atoms with E-state index in [0.717, 1.165) is 10.9 Å². The summed E-state index contributed by atoms with van der Waals surface area (Å²) >= 11 is 0. The van der Waals surface area contributed by atoms with E-state index in [4.69, 9.17) is 4.74 Å². The van der Waals surface area contributed by atoms with Crippen molar-refractivity contribution in [3.63, 3.8) is 0 Å². The van der Waals surface area contributed by atoms with Crippen LogP contribution in [0, 0.1) is 0 Å². The van der Waals surface area contributed by atoms with Gasteiger partial charge in [0, 0.05) is 24.6 Å². The van der Waals surface area contributed by atoms with Crippen molar-refractivity contribution >= 4 is 22.7 Å². The number of nitrogens with one attached hydrogen (secondary N) is 3. The number of fused-ring (bicyclic) bond motifs is 1. The molecule has 2 amide bonds. The Morgan fingerprint density at radius 3 is 2.81 bits per heavy atom. The molecule has 21 heavy (non-hydrogen) atoms. The van der Waals surface area contributed by atoms with Crippen LogP contribution in [0.1, 0.15) is 17.4 Å². The van der Waals surface area contributed by atoms with Crippen molar-refractivity contribution in [3.8, 4) is 0 Å². The fourth-order valence-corrected chi connectivity index (χ4v) is 1.97. The van der Waals surface area contributed by atoms with Crippen LogP contribution in [0.4, 0.5) is 0 Å². The summed E-state index contributed by atoms with van der Waals surface area (Å²) < 4.78 is 4.85. The molecule has 6 heteroatoms. The van der Waals surface area contributed by atoms with Crippen LogP contribution < -0.4 is 10.6 Å². The van der Waals surface area contributed by atoms with Gasteiger partial charge in [-0.15, -0.1) is 0 Å². The largest absolute Gasteiger partial charge is 0.383 e. The third-order valence-electron chi connectivity index (χ3n) is 3.12. The highest BCUT2D eigenvalue weighted by molar-refractivity contribution is 6.00. The Bertz CT molecular complexity index is 603. The highest BCUT2D eigenvalue weighted by Gasteiger charge is 2.17. The van der Waals surface area contributed by atoms with Crippen LogP contribution in [0.2, 0.25) is 0 Å². The maximum Gasteiger partial charge on any atom is 0.268 e. The van der Waals surface area contributed by atoms with E-state index < -0.39 is 6.04 Å². The number of hydrogen-bond acceptors (Lipinski definition) is 3. The fraction of sp³-hybridized carbons (Fsp3) is 0.333. The van der Waals surface area contributed by atoms with E-state index in [-0.39, 0.29) is 11.8 Å². The summed E-state index contributed by atoms with van der Waals surface area (Å²) in [6, 6.07) is 8.77. The predicted molar refractivity (Wildman–Crippen MR) is 80.1 cm³/mol. The molecule has 2 rings (SSSR count). The van der Waals surface area contributed by atoms with E-state index in [1.54, 1.807) is 20.1 Å². The molecule has 0 aliphatic carbocycles. The summed E-state index contributed by atoms with van der Waals surface area (Å²) in [5.74, 6) is -0.544. The van der Waals surface area contributed by atoms with E-state index in [1.165, 1.54) is 0 Å². The minimum atomic E-state index is -0.610. The van der Waals surface area contributed by atoms with Gasteiger partial charge in [0.1, 0.15) is 11.7 Å². The lowest BCUT2D eigenvalue weighted by Crippen LogP contribution is -2.45. The minimum absolute atomic E-state index is 0.239. The van der Waals surface area contributed by atoms with Gasteiger partial charge in [-0.25, -0.2) is 0 Å². The number of H-pyrrole nitrogens is 1. The number of carbonyl (C=O) groups excluding carboxylic acids is 2. The molecule has 1 heterocycles. The van der Waals surface area contributed by atoms with Gasteiger partial charge in [-0.1, -0.05) is 18.2 Å². The molecule has 0 bridgehead atoms. The molecule has 1 aromatic heterocycles. The molecule has 112 valence electrons. The Balaban J connectivity index is 1.95. The molecule has 0 aliphatic heterocycles. The van der Waals surface area contributed by atoms with Crippen molar-refractivity contribution in [1.82, 2.24) is 15.6 Å². The fourth-order valence-electron chi connectivity index (χ4n) is 1.97. The summed E-state index contributed by atoms with van der Waals surface area (Å²) in [7, 11) is 1.56. The highest BCUT2D eigenvalue weighted by atomic mass is 16.5.